The molecule has 1 nitrogen and oxygen atoms in total. The molecule has 6 aromatic carbocycles. The van der Waals surface area contributed by atoms with E-state index in [1.54, 1.807) is 5.57 Å². The van der Waals surface area contributed by atoms with Gasteiger partial charge in [0.1, 0.15) is 0 Å². The van der Waals surface area contributed by atoms with Crippen molar-refractivity contribution in [2.75, 3.05) is 4.90 Å². The minimum atomic E-state index is 0.0232. The molecule has 9 rings (SSSR count). The normalized spacial score (nSPS) is 18.6. The topological polar surface area (TPSA) is 3.24 Å². The highest BCUT2D eigenvalue weighted by molar-refractivity contribution is 5.94. The van der Waals surface area contributed by atoms with Gasteiger partial charge in [0.05, 0.1) is 0 Å². The second-order valence-electron chi connectivity index (χ2n) is 13.8. The number of nitrogens with zero attached hydrogens (tertiary/aromatic N) is 1. The third-order valence-corrected chi connectivity index (χ3v) is 10.6. The maximum Gasteiger partial charge on any atom is 0.0467 e. The first-order chi connectivity index (χ1) is 23.1. The average Bonchev–Trinajstić information content (AvgIpc) is 3.90. The van der Waals surface area contributed by atoms with Gasteiger partial charge in [-0.25, -0.2) is 0 Å². The molecule has 0 heterocycles. The summed E-state index contributed by atoms with van der Waals surface area (Å²) in [6.07, 6.45) is 3.79. The molecule has 226 valence electrons. The maximum absolute atomic E-state index is 2.55. The number of allylic oxidation sites excluding steroid dienone is 4. The minimum absolute atomic E-state index is 0.0232. The van der Waals surface area contributed by atoms with Gasteiger partial charge >= 0.3 is 0 Å². The first-order valence-electron chi connectivity index (χ1n) is 16.8. The van der Waals surface area contributed by atoms with Gasteiger partial charge in [-0.15, -0.1) is 0 Å². The predicted molar refractivity (Wildman–Crippen MR) is 198 cm³/mol. The van der Waals surface area contributed by atoms with Crippen LogP contribution in [0.1, 0.15) is 37.0 Å². The molecule has 1 heteroatoms. The molecule has 3 aliphatic carbocycles. The van der Waals surface area contributed by atoms with Crippen molar-refractivity contribution in [3.05, 3.63) is 186 Å². The molecule has 0 aromatic heterocycles. The molecule has 0 amide bonds. The van der Waals surface area contributed by atoms with Crippen molar-refractivity contribution >= 4 is 28.2 Å². The molecular formula is C46H37N. The second-order valence-corrected chi connectivity index (χ2v) is 13.8. The molecular weight excluding hydrogens is 567 g/mol. The minimum Gasteiger partial charge on any atom is -0.310 e. The Bertz CT molecular complexity index is 2080. The van der Waals surface area contributed by atoms with E-state index in [0.717, 1.165) is 11.4 Å². The lowest BCUT2D eigenvalue weighted by atomic mass is 9.78. The maximum atomic E-state index is 2.55. The summed E-state index contributed by atoms with van der Waals surface area (Å²) in [4.78, 5) is 2.40. The second kappa shape index (κ2) is 10.9. The lowest BCUT2D eigenvalue weighted by Gasteiger charge is -2.28. The van der Waals surface area contributed by atoms with Gasteiger partial charge in [0.2, 0.25) is 0 Å². The summed E-state index contributed by atoms with van der Waals surface area (Å²) in [5.74, 6) is 1.22. The molecule has 0 saturated heterocycles. The summed E-state index contributed by atoms with van der Waals surface area (Å²) in [5.41, 5.74) is 17.3. The van der Waals surface area contributed by atoms with Crippen LogP contribution < -0.4 is 4.90 Å². The van der Waals surface area contributed by atoms with Crippen molar-refractivity contribution in [3.63, 3.8) is 0 Å². The monoisotopic (exact) mass is 603 g/mol. The fraction of sp³-hybridized carbons (Fsp3) is 0.130. The molecule has 2 atom stereocenters. The van der Waals surface area contributed by atoms with Crippen LogP contribution in [0.4, 0.5) is 17.1 Å². The summed E-state index contributed by atoms with van der Waals surface area (Å²) < 4.78 is 0. The largest absolute Gasteiger partial charge is 0.310 e. The van der Waals surface area contributed by atoms with Crippen LogP contribution >= 0.6 is 0 Å². The first-order valence-corrected chi connectivity index (χ1v) is 16.8. The van der Waals surface area contributed by atoms with Crippen molar-refractivity contribution in [1.29, 1.82) is 0 Å². The van der Waals surface area contributed by atoms with Crippen LogP contribution in [0.15, 0.2) is 169 Å². The molecule has 0 bridgehead atoms. The van der Waals surface area contributed by atoms with Crippen LogP contribution in [0.25, 0.3) is 33.4 Å². The molecule has 0 aliphatic heterocycles. The molecule has 47 heavy (non-hydrogen) atoms. The van der Waals surface area contributed by atoms with Gasteiger partial charge in [-0.05, 0) is 110 Å². The number of benzene rings is 6. The Balaban J connectivity index is 1.13. The quantitative estimate of drug-likeness (QED) is 0.183. The zero-order valence-electron chi connectivity index (χ0n) is 26.9. The third kappa shape index (κ3) is 4.69. The van der Waals surface area contributed by atoms with Crippen molar-refractivity contribution in [3.8, 4) is 22.3 Å². The van der Waals surface area contributed by atoms with Crippen LogP contribution in [-0.2, 0) is 5.41 Å². The van der Waals surface area contributed by atoms with Gasteiger partial charge in [-0.3, -0.25) is 0 Å². The number of fused-ring (bicyclic) bond motifs is 4. The van der Waals surface area contributed by atoms with Crippen molar-refractivity contribution < 1.29 is 0 Å². The summed E-state index contributed by atoms with van der Waals surface area (Å²) in [6.45, 7) is 4.81. The van der Waals surface area contributed by atoms with Gasteiger partial charge in [0, 0.05) is 22.5 Å². The van der Waals surface area contributed by atoms with E-state index in [0.29, 0.717) is 11.8 Å². The Kier molecular flexibility index (Phi) is 6.43. The molecule has 0 spiro atoms. The molecule has 3 aliphatic rings. The van der Waals surface area contributed by atoms with E-state index in [9.17, 15) is 0 Å². The number of rotatable bonds is 6. The summed E-state index contributed by atoms with van der Waals surface area (Å²) in [6, 6.07) is 57.6. The summed E-state index contributed by atoms with van der Waals surface area (Å²) in [5, 5.41) is 0. The molecule has 0 N–H and O–H groups in total. The highest BCUT2D eigenvalue weighted by atomic mass is 15.1. The van der Waals surface area contributed by atoms with E-state index in [-0.39, 0.29) is 5.41 Å². The zero-order valence-corrected chi connectivity index (χ0v) is 26.9. The third-order valence-electron chi connectivity index (χ3n) is 10.6. The van der Waals surface area contributed by atoms with Gasteiger partial charge in [0.25, 0.3) is 0 Å². The van der Waals surface area contributed by atoms with Gasteiger partial charge in [-0.2, -0.15) is 0 Å². The summed E-state index contributed by atoms with van der Waals surface area (Å²) >= 11 is 0. The predicted octanol–water partition coefficient (Wildman–Crippen LogP) is 12.3. The Morgan fingerprint density at radius 3 is 1.64 bits per heavy atom. The van der Waals surface area contributed by atoms with E-state index in [1.807, 2.05) is 0 Å². The van der Waals surface area contributed by atoms with E-state index in [2.05, 4.69) is 183 Å². The Morgan fingerprint density at radius 2 is 1.02 bits per heavy atom. The Labute approximate surface area is 278 Å². The smallest absolute Gasteiger partial charge is 0.0467 e. The highest BCUT2D eigenvalue weighted by Gasteiger charge is 2.52. The van der Waals surface area contributed by atoms with Crippen LogP contribution in [0, 0.1) is 11.8 Å². The lowest BCUT2D eigenvalue weighted by Crippen LogP contribution is -2.17. The highest BCUT2D eigenvalue weighted by Crippen LogP contribution is 2.64. The molecule has 1 saturated carbocycles. The SMILES string of the molecule is CC1(C)C2=C(c3ccccc31)C1CC1C(c1cccc(N(c3ccc(-c4ccccc4)cc3)c3ccc(-c4ccccc4)cc3)c1)=C2. The summed E-state index contributed by atoms with van der Waals surface area (Å²) in [7, 11) is 0. The van der Waals surface area contributed by atoms with E-state index < -0.39 is 0 Å². The first kappa shape index (κ1) is 27.9. The number of anilines is 3. The van der Waals surface area contributed by atoms with Gasteiger partial charge in [0.15, 0.2) is 0 Å². The fourth-order valence-corrected chi connectivity index (χ4v) is 8.10. The lowest BCUT2D eigenvalue weighted by molar-refractivity contribution is 0.651. The van der Waals surface area contributed by atoms with Crippen molar-refractivity contribution in [2.45, 2.75) is 25.7 Å². The van der Waals surface area contributed by atoms with E-state index in [1.165, 1.54) is 62.2 Å². The number of hydrogen-bond acceptors (Lipinski definition) is 1. The van der Waals surface area contributed by atoms with Crippen LogP contribution in [-0.4, -0.2) is 0 Å². The average molecular weight is 604 g/mol. The Morgan fingerprint density at radius 1 is 0.489 bits per heavy atom. The molecule has 1 fully saturated rings. The van der Waals surface area contributed by atoms with E-state index in [4.69, 9.17) is 0 Å². The molecule has 6 aromatic rings. The van der Waals surface area contributed by atoms with Crippen LogP contribution in [0.3, 0.4) is 0 Å². The zero-order chi connectivity index (χ0) is 31.5. The fourth-order valence-electron chi connectivity index (χ4n) is 8.10. The standard InChI is InChI=1S/C46H37N/c1-46(2)43-19-10-9-18-39(43)45-42-29-41(42)40(30-44(45)46)35-16-11-17-38(28-35)47(36-24-20-33(21-25-36)31-12-5-3-6-13-31)37-26-22-34(23-27-37)32-14-7-4-8-15-32/h3-28,30,41-42H,29H2,1-2H3. The van der Waals surface area contributed by atoms with Crippen LogP contribution in [0.5, 0.6) is 0 Å². The van der Waals surface area contributed by atoms with E-state index >= 15 is 0 Å². The van der Waals surface area contributed by atoms with Gasteiger partial charge < -0.3 is 4.90 Å². The molecule has 0 radical (unpaired) electrons. The molecule has 2 unspecified atom stereocenters. The number of hydrogen-bond donors (Lipinski definition) is 0. The Hall–Kier alpha value is -5.40. The van der Waals surface area contributed by atoms with Crippen molar-refractivity contribution in [2.24, 2.45) is 11.8 Å². The van der Waals surface area contributed by atoms with Crippen molar-refractivity contribution in [1.82, 2.24) is 0 Å². The van der Waals surface area contributed by atoms with Gasteiger partial charge in [-0.1, -0.05) is 141 Å². The van der Waals surface area contributed by atoms with Crippen LogP contribution in [0.2, 0.25) is 0 Å².